The summed E-state index contributed by atoms with van der Waals surface area (Å²) in [5, 5.41) is 3.16. The number of aryl methyl sites for hydroxylation is 1. The Morgan fingerprint density at radius 3 is 2.57 bits per heavy atom. The SMILES string of the molecule is Cc1cc([N+](=O)OC(C)(C)C)cnc1OC(=O)N1CCNCC1. The zero-order chi connectivity index (χ0) is 17.0. The Hall–Kier alpha value is -2.22. The van der Waals surface area contributed by atoms with E-state index in [2.05, 4.69) is 10.3 Å². The monoisotopic (exact) mass is 323 g/mol. The Morgan fingerprint density at radius 2 is 2.00 bits per heavy atom. The summed E-state index contributed by atoms with van der Waals surface area (Å²) in [6.45, 7) is 9.76. The third-order valence-corrected chi connectivity index (χ3v) is 3.14. The molecule has 1 fully saturated rings. The lowest BCUT2D eigenvalue weighted by molar-refractivity contribution is -0.766. The standard InChI is InChI=1S/C15H23N4O4/c1-11-9-12(19(21)23-15(2,3)4)10-17-13(11)22-14(20)18-7-5-16-6-8-18/h9-10,16H,5-8H2,1-4H3/q+1. The number of piperazine rings is 1. The summed E-state index contributed by atoms with van der Waals surface area (Å²) >= 11 is 0. The summed E-state index contributed by atoms with van der Waals surface area (Å²) in [7, 11) is 0. The second-order valence-corrected chi connectivity index (χ2v) is 6.38. The van der Waals surface area contributed by atoms with Crippen LogP contribution in [0.1, 0.15) is 26.3 Å². The molecule has 0 unspecified atom stereocenters. The lowest BCUT2D eigenvalue weighted by Crippen LogP contribution is -2.47. The molecule has 126 valence electrons. The van der Waals surface area contributed by atoms with Crippen molar-refractivity contribution < 1.29 is 19.3 Å². The number of hydrogen-bond acceptors (Lipinski definition) is 6. The molecule has 1 N–H and O–H groups in total. The quantitative estimate of drug-likeness (QED) is 0.856. The fraction of sp³-hybridized carbons (Fsp3) is 0.600. The fourth-order valence-corrected chi connectivity index (χ4v) is 2.05. The first-order valence-electron chi connectivity index (χ1n) is 7.57. The number of nitrogens with one attached hydrogen (secondary N) is 1. The molecule has 0 radical (unpaired) electrons. The van der Waals surface area contributed by atoms with Crippen LogP contribution in [-0.4, -0.2) is 52.7 Å². The first-order valence-corrected chi connectivity index (χ1v) is 7.57. The summed E-state index contributed by atoms with van der Waals surface area (Å²) in [6, 6.07) is 1.58. The molecular weight excluding hydrogens is 300 g/mol. The minimum Gasteiger partial charge on any atom is -0.391 e. The minimum absolute atomic E-state index is 0.196. The van der Waals surface area contributed by atoms with Crippen molar-refractivity contribution in [3.63, 3.8) is 0 Å². The van der Waals surface area contributed by atoms with Crippen LogP contribution in [0, 0.1) is 11.8 Å². The van der Waals surface area contributed by atoms with Gasteiger partial charge in [-0.1, -0.05) is 0 Å². The van der Waals surface area contributed by atoms with Crippen molar-refractivity contribution in [1.82, 2.24) is 15.2 Å². The van der Waals surface area contributed by atoms with Gasteiger partial charge in [0.15, 0.2) is 5.60 Å². The number of hydrogen-bond donors (Lipinski definition) is 1. The van der Waals surface area contributed by atoms with Crippen LogP contribution in [0.5, 0.6) is 5.88 Å². The van der Waals surface area contributed by atoms with Crippen molar-refractivity contribution in [1.29, 1.82) is 0 Å². The highest BCUT2D eigenvalue weighted by Crippen LogP contribution is 2.22. The topological polar surface area (TPSA) is 83.8 Å². The van der Waals surface area contributed by atoms with Crippen LogP contribution in [0.15, 0.2) is 12.3 Å². The molecule has 0 aromatic carbocycles. The van der Waals surface area contributed by atoms with E-state index in [1.165, 1.54) is 6.20 Å². The predicted octanol–water partition coefficient (Wildman–Crippen LogP) is 1.93. The van der Waals surface area contributed by atoms with Crippen molar-refractivity contribution in [3.05, 3.63) is 22.7 Å². The van der Waals surface area contributed by atoms with E-state index >= 15 is 0 Å². The molecule has 1 saturated heterocycles. The van der Waals surface area contributed by atoms with E-state index in [0.29, 0.717) is 23.6 Å². The molecule has 8 heteroatoms. The predicted molar refractivity (Wildman–Crippen MR) is 83.6 cm³/mol. The molecule has 0 atom stereocenters. The first kappa shape index (κ1) is 17.1. The van der Waals surface area contributed by atoms with Gasteiger partial charge in [0.1, 0.15) is 6.20 Å². The van der Waals surface area contributed by atoms with Crippen LogP contribution in [0.4, 0.5) is 10.5 Å². The maximum Gasteiger partial charge on any atom is 0.416 e. The molecule has 8 nitrogen and oxygen atoms in total. The van der Waals surface area contributed by atoms with Crippen molar-refractivity contribution in [2.45, 2.75) is 33.3 Å². The summed E-state index contributed by atoms with van der Waals surface area (Å²) in [5.74, 6) is 0.196. The summed E-state index contributed by atoms with van der Waals surface area (Å²) in [5.41, 5.74) is 0.229. The van der Waals surface area contributed by atoms with Crippen LogP contribution in [0.3, 0.4) is 0 Å². The van der Waals surface area contributed by atoms with Gasteiger partial charge in [-0.2, -0.15) is 0 Å². The molecule has 1 aromatic heterocycles. The first-order chi connectivity index (χ1) is 10.8. The van der Waals surface area contributed by atoms with Gasteiger partial charge in [0.05, 0.1) is 4.91 Å². The van der Waals surface area contributed by atoms with Gasteiger partial charge in [-0.3, -0.25) is 0 Å². The lowest BCUT2D eigenvalue weighted by atomic mass is 10.2. The highest BCUT2D eigenvalue weighted by Gasteiger charge is 2.27. The van der Waals surface area contributed by atoms with Gasteiger partial charge in [0.2, 0.25) is 5.88 Å². The zero-order valence-electron chi connectivity index (χ0n) is 14.0. The molecular formula is C15H23N4O4+. The summed E-state index contributed by atoms with van der Waals surface area (Å²) in [4.78, 5) is 35.3. The maximum absolute atomic E-state index is 12.1. The van der Waals surface area contributed by atoms with Gasteiger partial charge in [0.25, 0.3) is 4.92 Å². The highest BCUT2D eigenvalue weighted by molar-refractivity contribution is 5.70. The Balaban J connectivity index is 2.04. The highest BCUT2D eigenvalue weighted by atomic mass is 16.8. The average Bonchev–Trinajstić information content (AvgIpc) is 2.48. The number of pyridine rings is 1. The number of carbonyl (C=O) groups excluding carboxylic acids is 1. The molecule has 0 bridgehead atoms. The molecule has 1 aliphatic rings. The molecule has 1 amide bonds. The maximum atomic E-state index is 12.1. The largest absolute Gasteiger partial charge is 0.416 e. The van der Waals surface area contributed by atoms with E-state index in [-0.39, 0.29) is 11.6 Å². The molecule has 0 aliphatic carbocycles. The molecule has 1 aliphatic heterocycles. The fourth-order valence-electron chi connectivity index (χ4n) is 2.05. The van der Waals surface area contributed by atoms with Gasteiger partial charge < -0.3 is 15.0 Å². The van der Waals surface area contributed by atoms with E-state index < -0.39 is 11.7 Å². The Morgan fingerprint density at radius 1 is 1.35 bits per heavy atom. The van der Waals surface area contributed by atoms with Crippen LogP contribution < -0.4 is 10.1 Å². The van der Waals surface area contributed by atoms with E-state index in [1.54, 1.807) is 38.7 Å². The molecule has 23 heavy (non-hydrogen) atoms. The number of aromatic nitrogens is 1. The van der Waals surface area contributed by atoms with Crippen LogP contribution in [0.25, 0.3) is 0 Å². The van der Waals surface area contributed by atoms with Gasteiger partial charge >= 0.3 is 11.8 Å². The molecule has 0 saturated carbocycles. The minimum atomic E-state index is -0.608. The number of carbonyl (C=O) groups is 1. The Labute approximate surface area is 135 Å². The molecule has 2 rings (SSSR count). The third-order valence-electron chi connectivity index (χ3n) is 3.14. The lowest BCUT2D eigenvalue weighted by Gasteiger charge is -2.26. The number of rotatable bonds is 3. The van der Waals surface area contributed by atoms with E-state index in [4.69, 9.17) is 9.57 Å². The summed E-state index contributed by atoms with van der Waals surface area (Å²) in [6.07, 6.45) is 0.895. The Bertz CT molecular complexity index is 592. The molecule has 0 spiro atoms. The molecule has 2 heterocycles. The third kappa shape index (κ3) is 4.88. The number of ether oxygens (including phenoxy) is 1. The van der Waals surface area contributed by atoms with Crippen molar-refractivity contribution in [2.24, 2.45) is 0 Å². The van der Waals surface area contributed by atoms with E-state index in [0.717, 1.165) is 13.1 Å². The van der Waals surface area contributed by atoms with Crippen molar-refractivity contribution in [3.8, 4) is 5.88 Å². The summed E-state index contributed by atoms with van der Waals surface area (Å²) < 4.78 is 5.31. The smallest absolute Gasteiger partial charge is 0.391 e. The zero-order valence-corrected chi connectivity index (χ0v) is 14.0. The Kier molecular flexibility index (Phi) is 5.15. The van der Waals surface area contributed by atoms with Gasteiger partial charge in [-0.25, -0.2) is 14.6 Å². The second-order valence-electron chi connectivity index (χ2n) is 6.38. The van der Waals surface area contributed by atoms with Crippen LogP contribution in [-0.2, 0) is 4.84 Å². The van der Waals surface area contributed by atoms with Crippen molar-refractivity contribution >= 4 is 11.8 Å². The van der Waals surface area contributed by atoms with Crippen molar-refractivity contribution in [2.75, 3.05) is 26.2 Å². The van der Waals surface area contributed by atoms with Crippen LogP contribution >= 0.6 is 0 Å². The normalized spacial score (nSPS) is 15.2. The average molecular weight is 323 g/mol. The van der Waals surface area contributed by atoms with E-state index in [1.807, 2.05) is 0 Å². The van der Waals surface area contributed by atoms with Crippen LogP contribution in [0.2, 0.25) is 0 Å². The second kappa shape index (κ2) is 6.91. The van der Waals surface area contributed by atoms with E-state index in [9.17, 15) is 9.70 Å². The van der Waals surface area contributed by atoms with Gasteiger partial charge in [0, 0.05) is 37.8 Å². The van der Waals surface area contributed by atoms with Gasteiger partial charge in [-0.05, 0) is 27.7 Å². The number of nitrogens with zero attached hydrogens (tertiary/aromatic N) is 3. The molecule has 1 aromatic rings. The van der Waals surface area contributed by atoms with Gasteiger partial charge in [-0.15, -0.1) is 0 Å². The number of amides is 1.